The molecule has 130 valence electrons. The Morgan fingerprint density at radius 2 is 2.15 bits per heavy atom. The van der Waals surface area contributed by atoms with Gasteiger partial charge in [-0.1, -0.05) is 12.1 Å². The van der Waals surface area contributed by atoms with E-state index in [-0.39, 0.29) is 0 Å². The minimum Gasteiger partial charge on any atom is -0.493 e. The van der Waals surface area contributed by atoms with E-state index in [9.17, 15) is 5.26 Å². The third-order valence-corrected chi connectivity index (χ3v) is 4.42. The van der Waals surface area contributed by atoms with E-state index >= 15 is 0 Å². The SMILES string of the molecule is COc1cc(/C=C(/C#N)c2ccccn2)ccc1OCc1csc(C)n1. The lowest BCUT2D eigenvalue weighted by atomic mass is 10.1. The van der Waals surface area contributed by atoms with E-state index in [0.717, 1.165) is 16.3 Å². The average Bonchev–Trinajstić information content (AvgIpc) is 3.10. The van der Waals surface area contributed by atoms with Crippen molar-refractivity contribution >= 4 is 23.0 Å². The lowest BCUT2D eigenvalue weighted by Gasteiger charge is -2.10. The van der Waals surface area contributed by atoms with Crippen LogP contribution in [0.15, 0.2) is 48.0 Å². The summed E-state index contributed by atoms with van der Waals surface area (Å²) < 4.78 is 11.2. The van der Waals surface area contributed by atoms with Gasteiger partial charge in [-0.05, 0) is 42.8 Å². The zero-order valence-corrected chi connectivity index (χ0v) is 15.3. The summed E-state index contributed by atoms with van der Waals surface area (Å²) in [6, 6.07) is 13.2. The van der Waals surface area contributed by atoms with Crippen molar-refractivity contribution in [2.45, 2.75) is 13.5 Å². The van der Waals surface area contributed by atoms with Crippen molar-refractivity contribution in [2.75, 3.05) is 7.11 Å². The molecule has 0 unspecified atom stereocenters. The van der Waals surface area contributed by atoms with Crippen LogP contribution in [0, 0.1) is 18.3 Å². The molecule has 0 radical (unpaired) electrons. The molecule has 0 N–H and O–H groups in total. The fourth-order valence-electron chi connectivity index (χ4n) is 2.37. The van der Waals surface area contributed by atoms with Crippen LogP contribution in [-0.2, 0) is 6.61 Å². The molecule has 0 aliphatic heterocycles. The molecule has 2 aromatic heterocycles. The first kappa shape index (κ1) is 17.6. The Bertz CT molecular complexity index is 959. The largest absolute Gasteiger partial charge is 0.493 e. The highest BCUT2D eigenvalue weighted by Crippen LogP contribution is 2.30. The summed E-state index contributed by atoms with van der Waals surface area (Å²) in [5, 5.41) is 12.4. The van der Waals surface area contributed by atoms with E-state index in [1.54, 1.807) is 36.8 Å². The van der Waals surface area contributed by atoms with Gasteiger partial charge < -0.3 is 9.47 Å². The minimum atomic E-state index is 0.382. The van der Waals surface area contributed by atoms with E-state index in [2.05, 4.69) is 16.0 Å². The summed E-state index contributed by atoms with van der Waals surface area (Å²) in [7, 11) is 1.59. The highest BCUT2D eigenvalue weighted by molar-refractivity contribution is 7.09. The summed E-state index contributed by atoms with van der Waals surface area (Å²) in [6.07, 6.45) is 3.44. The predicted octanol–water partition coefficient (Wildman–Crippen LogP) is 4.50. The van der Waals surface area contributed by atoms with Crippen molar-refractivity contribution in [1.82, 2.24) is 9.97 Å². The molecule has 1 aromatic carbocycles. The first-order valence-corrected chi connectivity index (χ1v) is 8.82. The molecule has 0 saturated carbocycles. The van der Waals surface area contributed by atoms with Gasteiger partial charge in [-0.25, -0.2) is 4.98 Å². The molecular formula is C20H17N3O2S. The number of aryl methyl sites for hydroxylation is 1. The third kappa shape index (κ3) is 4.26. The fraction of sp³-hybridized carbons (Fsp3) is 0.150. The number of nitriles is 1. The van der Waals surface area contributed by atoms with E-state index in [4.69, 9.17) is 9.47 Å². The summed E-state index contributed by atoms with van der Waals surface area (Å²) in [4.78, 5) is 8.60. The van der Waals surface area contributed by atoms with Crippen LogP contribution in [0.3, 0.4) is 0 Å². The fourth-order valence-corrected chi connectivity index (χ4v) is 2.97. The molecule has 0 aliphatic rings. The number of methoxy groups -OCH3 is 1. The maximum Gasteiger partial charge on any atom is 0.161 e. The van der Waals surface area contributed by atoms with E-state index in [1.165, 1.54) is 0 Å². The zero-order valence-electron chi connectivity index (χ0n) is 14.5. The highest BCUT2D eigenvalue weighted by atomic mass is 32.1. The standard InChI is InChI=1S/C20H17N3O2S/c1-14-23-17(13-26-14)12-25-19-7-6-15(10-20(19)24-2)9-16(11-21)18-5-3-4-8-22-18/h3-10,13H,12H2,1-2H3/b16-9-. The van der Waals surface area contributed by atoms with Crippen molar-refractivity contribution in [3.05, 3.63) is 69.9 Å². The van der Waals surface area contributed by atoms with Crippen molar-refractivity contribution in [2.24, 2.45) is 0 Å². The lowest BCUT2D eigenvalue weighted by molar-refractivity contribution is 0.281. The van der Waals surface area contributed by atoms with Crippen LogP contribution in [-0.4, -0.2) is 17.1 Å². The second-order valence-corrected chi connectivity index (χ2v) is 6.50. The van der Waals surface area contributed by atoms with E-state index < -0.39 is 0 Å². The number of thiazole rings is 1. The molecule has 0 atom stereocenters. The number of pyridine rings is 1. The number of allylic oxidation sites excluding steroid dienone is 1. The van der Waals surface area contributed by atoms with Gasteiger partial charge in [-0.3, -0.25) is 4.98 Å². The van der Waals surface area contributed by atoms with Crippen molar-refractivity contribution in [3.8, 4) is 17.6 Å². The van der Waals surface area contributed by atoms with Crippen LogP contribution in [0.1, 0.15) is 22.0 Å². The van der Waals surface area contributed by atoms with Crippen LogP contribution in [0.25, 0.3) is 11.6 Å². The predicted molar refractivity (Wildman–Crippen MR) is 102 cm³/mol. The molecule has 6 heteroatoms. The topological polar surface area (TPSA) is 68.0 Å². The van der Waals surface area contributed by atoms with Gasteiger partial charge in [-0.2, -0.15) is 5.26 Å². The summed E-state index contributed by atoms with van der Waals surface area (Å²) >= 11 is 1.59. The summed E-state index contributed by atoms with van der Waals surface area (Å²) in [5.41, 5.74) is 2.84. The molecule has 26 heavy (non-hydrogen) atoms. The Labute approximate surface area is 156 Å². The van der Waals surface area contributed by atoms with Crippen LogP contribution in [0.5, 0.6) is 11.5 Å². The molecular weight excluding hydrogens is 346 g/mol. The number of hydrogen-bond acceptors (Lipinski definition) is 6. The number of ether oxygens (including phenoxy) is 2. The Hall–Kier alpha value is -3.17. The normalized spacial score (nSPS) is 11.0. The van der Waals surface area contributed by atoms with Gasteiger partial charge in [0.25, 0.3) is 0 Å². The Kier molecular flexibility index (Phi) is 5.62. The number of rotatable bonds is 6. The number of hydrogen-bond donors (Lipinski definition) is 0. The molecule has 0 amide bonds. The molecule has 0 spiro atoms. The van der Waals surface area contributed by atoms with E-state index in [0.29, 0.717) is 29.4 Å². The van der Waals surface area contributed by atoms with Gasteiger partial charge >= 0.3 is 0 Å². The lowest BCUT2D eigenvalue weighted by Crippen LogP contribution is -1.98. The van der Waals surface area contributed by atoms with E-state index in [1.807, 2.05) is 42.6 Å². The van der Waals surface area contributed by atoms with Crippen molar-refractivity contribution < 1.29 is 9.47 Å². The molecule has 0 saturated heterocycles. The molecule has 3 rings (SSSR count). The Morgan fingerprint density at radius 3 is 2.81 bits per heavy atom. The Balaban J connectivity index is 1.82. The first-order chi connectivity index (χ1) is 12.7. The van der Waals surface area contributed by atoms with Crippen molar-refractivity contribution in [3.63, 3.8) is 0 Å². The average molecular weight is 363 g/mol. The maximum absolute atomic E-state index is 9.41. The number of nitrogens with zero attached hydrogens (tertiary/aromatic N) is 3. The van der Waals surface area contributed by atoms with Gasteiger partial charge in [0.05, 0.1) is 29.1 Å². The van der Waals surface area contributed by atoms with Crippen molar-refractivity contribution in [1.29, 1.82) is 5.26 Å². The minimum absolute atomic E-state index is 0.382. The van der Waals surface area contributed by atoms with Crippen LogP contribution >= 0.6 is 11.3 Å². The zero-order chi connectivity index (χ0) is 18.4. The molecule has 2 heterocycles. The van der Waals surface area contributed by atoms with Crippen LogP contribution < -0.4 is 9.47 Å². The number of benzene rings is 1. The molecule has 0 bridgehead atoms. The number of aromatic nitrogens is 2. The second kappa shape index (κ2) is 8.28. The van der Waals surface area contributed by atoms with Gasteiger partial charge in [0.1, 0.15) is 12.7 Å². The summed E-state index contributed by atoms with van der Waals surface area (Å²) in [6.45, 7) is 2.34. The molecule has 3 aromatic rings. The molecule has 0 fully saturated rings. The smallest absolute Gasteiger partial charge is 0.161 e. The van der Waals surface area contributed by atoms with Crippen LogP contribution in [0.4, 0.5) is 0 Å². The molecule has 0 aliphatic carbocycles. The molecule has 5 nitrogen and oxygen atoms in total. The van der Waals surface area contributed by atoms with Gasteiger partial charge in [0.2, 0.25) is 0 Å². The second-order valence-electron chi connectivity index (χ2n) is 5.44. The maximum atomic E-state index is 9.41. The van der Waals surface area contributed by atoms with Gasteiger partial charge in [-0.15, -0.1) is 11.3 Å². The Morgan fingerprint density at radius 1 is 1.27 bits per heavy atom. The monoisotopic (exact) mass is 363 g/mol. The first-order valence-electron chi connectivity index (χ1n) is 7.94. The van der Waals surface area contributed by atoms with Crippen LogP contribution in [0.2, 0.25) is 0 Å². The van der Waals surface area contributed by atoms with Gasteiger partial charge in [0, 0.05) is 11.6 Å². The quantitative estimate of drug-likeness (QED) is 0.603. The summed E-state index contributed by atoms with van der Waals surface area (Å²) in [5.74, 6) is 1.23. The highest BCUT2D eigenvalue weighted by Gasteiger charge is 2.08. The van der Waals surface area contributed by atoms with Gasteiger partial charge in [0.15, 0.2) is 11.5 Å². The third-order valence-electron chi connectivity index (χ3n) is 3.60.